The summed E-state index contributed by atoms with van der Waals surface area (Å²) in [6.07, 6.45) is 86.7. The zero-order valence-electron chi connectivity index (χ0n) is 51.0. The number of carbonyl (C=O) groups excluding carboxylic acids is 3. The molecule has 0 N–H and O–H groups in total. The molecule has 0 aliphatic rings. The van der Waals surface area contributed by atoms with Crippen LogP contribution in [0.4, 0.5) is 0 Å². The third-order valence-corrected chi connectivity index (χ3v) is 14.4. The molecule has 0 spiro atoms. The van der Waals surface area contributed by atoms with Crippen molar-refractivity contribution in [2.45, 2.75) is 335 Å². The van der Waals surface area contributed by atoms with Gasteiger partial charge in [0.2, 0.25) is 0 Å². The largest absolute Gasteiger partial charge is 0.462 e. The van der Waals surface area contributed by atoms with E-state index < -0.39 is 6.10 Å². The fourth-order valence-corrected chi connectivity index (χ4v) is 9.44. The summed E-state index contributed by atoms with van der Waals surface area (Å²) in [5.74, 6) is -0.924. The summed E-state index contributed by atoms with van der Waals surface area (Å²) in [4.78, 5) is 37.9. The van der Waals surface area contributed by atoms with Crippen LogP contribution in [0.15, 0.2) is 85.1 Å². The van der Waals surface area contributed by atoms with E-state index in [9.17, 15) is 14.4 Å². The van der Waals surface area contributed by atoms with Crippen molar-refractivity contribution in [2.24, 2.45) is 0 Å². The molecule has 0 bridgehead atoms. The van der Waals surface area contributed by atoms with Crippen LogP contribution in [0.3, 0.4) is 0 Å². The zero-order chi connectivity index (χ0) is 55.7. The van der Waals surface area contributed by atoms with Crippen molar-refractivity contribution in [1.29, 1.82) is 0 Å². The molecule has 6 heteroatoms. The smallest absolute Gasteiger partial charge is 0.306 e. The molecule has 0 aromatic heterocycles. The molecule has 0 fully saturated rings. The van der Waals surface area contributed by atoms with Crippen LogP contribution < -0.4 is 0 Å². The highest BCUT2D eigenvalue weighted by Gasteiger charge is 2.19. The van der Waals surface area contributed by atoms with Gasteiger partial charge in [-0.05, 0) is 96.3 Å². The molecule has 0 saturated carbocycles. The van der Waals surface area contributed by atoms with Gasteiger partial charge in [0.05, 0.1) is 0 Å². The van der Waals surface area contributed by atoms with E-state index in [-0.39, 0.29) is 31.1 Å². The first-order valence-corrected chi connectivity index (χ1v) is 33.1. The average molecular weight is 1070 g/mol. The van der Waals surface area contributed by atoms with Crippen molar-refractivity contribution in [3.8, 4) is 0 Å². The molecule has 0 aliphatic carbocycles. The molecule has 0 rings (SSSR count). The summed E-state index contributed by atoms with van der Waals surface area (Å²) in [6, 6.07) is 0. The van der Waals surface area contributed by atoms with Gasteiger partial charge in [-0.1, -0.05) is 298 Å². The van der Waals surface area contributed by atoms with E-state index in [1.807, 2.05) is 0 Å². The van der Waals surface area contributed by atoms with Gasteiger partial charge in [-0.15, -0.1) is 0 Å². The number of carbonyl (C=O) groups is 3. The van der Waals surface area contributed by atoms with Gasteiger partial charge >= 0.3 is 17.9 Å². The summed E-state index contributed by atoms with van der Waals surface area (Å²) in [7, 11) is 0. The minimum atomic E-state index is -0.789. The molecule has 0 radical (unpaired) electrons. The summed E-state index contributed by atoms with van der Waals surface area (Å²) in [5.41, 5.74) is 0. The van der Waals surface area contributed by atoms with E-state index in [0.29, 0.717) is 19.3 Å². The van der Waals surface area contributed by atoms with Crippen molar-refractivity contribution in [1.82, 2.24) is 0 Å². The fraction of sp³-hybridized carbons (Fsp3) is 0.761. The molecule has 0 aromatic rings. The Hall–Kier alpha value is -3.41. The van der Waals surface area contributed by atoms with E-state index in [2.05, 4.69) is 106 Å². The number of hydrogen-bond donors (Lipinski definition) is 0. The van der Waals surface area contributed by atoms with Crippen molar-refractivity contribution in [3.05, 3.63) is 85.1 Å². The van der Waals surface area contributed by atoms with Gasteiger partial charge in [0.25, 0.3) is 0 Å². The second kappa shape index (κ2) is 65.1. The molecular formula is C71H124O6. The van der Waals surface area contributed by atoms with E-state index >= 15 is 0 Å². The van der Waals surface area contributed by atoms with Crippen LogP contribution in [0.25, 0.3) is 0 Å². The first-order chi connectivity index (χ1) is 38.0. The maximum absolute atomic E-state index is 12.8. The highest BCUT2D eigenvalue weighted by atomic mass is 16.6. The van der Waals surface area contributed by atoms with Crippen molar-refractivity contribution < 1.29 is 28.6 Å². The normalized spacial score (nSPS) is 12.6. The Morgan fingerprint density at radius 1 is 0.273 bits per heavy atom. The first kappa shape index (κ1) is 73.6. The molecule has 0 saturated heterocycles. The summed E-state index contributed by atoms with van der Waals surface area (Å²) in [6.45, 7) is 6.43. The maximum atomic E-state index is 12.8. The summed E-state index contributed by atoms with van der Waals surface area (Å²) in [5, 5.41) is 0. The Balaban J connectivity index is 3.93. The van der Waals surface area contributed by atoms with Gasteiger partial charge in [-0.3, -0.25) is 14.4 Å². The Bertz CT molecular complexity index is 1470. The quantitative estimate of drug-likeness (QED) is 0.0261. The van der Waals surface area contributed by atoms with Gasteiger partial charge in [0.15, 0.2) is 6.10 Å². The minimum absolute atomic E-state index is 0.0873. The second-order valence-electron chi connectivity index (χ2n) is 22.0. The lowest BCUT2D eigenvalue weighted by Crippen LogP contribution is -2.30. The van der Waals surface area contributed by atoms with Gasteiger partial charge in [-0.2, -0.15) is 0 Å². The van der Waals surface area contributed by atoms with E-state index in [1.54, 1.807) is 0 Å². The lowest BCUT2D eigenvalue weighted by molar-refractivity contribution is -0.167. The summed E-state index contributed by atoms with van der Waals surface area (Å²) < 4.78 is 16.7. The van der Waals surface area contributed by atoms with Crippen LogP contribution in [0.1, 0.15) is 329 Å². The molecule has 0 amide bonds. The Morgan fingerprint density at radius 2 is 0.506 bits per heavy atom. The van der Waals surface area contributed by atoms with Crippen LogP contribution in [-0.2, 0) is 28.6 Å². The number of allylic oxidation sites excluding steroid dienone is 14. The standard InChI is InChI=1S/C71H124O6/c1-4-7-10-13-15-17-19-21-23-25-27-28-29-30-31-32-33-34-35-36-37-38-39-40-41-42-44-45-47-49-51-53-55-58-61-64-70(73)76-67-68(66-75-69(72)63-60-57-12-9-6-3)77-71(74)65-62-59-56-54-52-50-48-46-43-26-24-22-20-18-16-14-11-8-5-2/h8,11,16,18-19,21-22,24-25,27,43,46,50,52,68H,4-7,9-10,12-15,17,20,23,26,28-42,44-45,47-49,51,53-67H2,1-3H3/b11-8-,18-16-,21-19-,24-22-,27-25-,46-43-,52-50-. The van der Waals surface area contributed by atoms with Gasteiger partial charge < -0.3 is 14.2 Å². The number of rotatable bonds is 60. The highest BCUT2D eigenvalue weighted by Crippen LogP contribution is 2.17. The molecule has 0 aromatic carbocycles. The predicted molar refractivity (Wildman–Crippen MR) is 334 cm³/mol. The van der Waals surface area contributed by atoms with Gasteiger partial charge in [0.1, 0.15) is 13.2 Å². The van der Waals surface area contributed by atoms with Crippen molar-refractivity contribution in [2.75, 3.05) is 13.2 Å². The van der Waals surface area contributed by atoms with Crippen molar-refractivity contribution in [3.63, 3.8) is 0 Å². The molecule has 6 nitrogen and oxygen atoms in total. The summed E-state index contributed by atoms with van der Waals surface area (Å²) >= 11 is 0. The topological polar surface area (TPSA) is 78.9 Å². The first-order valence-electron chi connectivity index (χ1n) is 33.1. The maximum Gasteiger partial charge on any atom is 0.306 e. The number of unbranched alkanes of at least 4 members (excludes halogenated alkanes) is 35. The third-order valence-electron chi connectivity index (χ3n) is 14.4. The van der Waals surface area contributed by atoms with Crippen LogP contribution in [0.2, 0.25) is 0 Å². The molecule has 1 unspecified atom stereocenters. The van der Waals surface area contributed by atoms with Crippen LogP contribution >= 0.6 is 0 Å². The minimum Gasteiger partial charge on any atom is -0.462 e. The van der Waals surface area contributed by atoms with E-state index in [0.717, 1.165) is 109 Å². The number of hydrogen-bond acceptors (Lipinski definition) is 6. The Morgan fingerprint density at radius 3 is 0.805 bits per heavy atom. The molecule has 444 valence electrons. The molecule has 0 aliphatic heterocycles. The van der Waals surface area contributed by atoms with E-state index in [1.165, 1.54) is 180 Å². The molecule has 0 heterocycles. The molecular weight excluding hydrogens is 949 g/mol. The second-order valence-corrected chi connectivity index (χ2v) is 22.0. The predicted octanol–water partition coefficient (Wildman–Crippen LogP) is 22.7. The zero-order valence-corrected chi connectivity index (χ0v) is 51.0. The lowest BCUT2D eigenvalue weighted by atomic mass is 10.0. The number of ether oxygens (including phenoxy) is 3. The number of esters is 3. The monoisotopic (exact) mass is 1070 g/mol. The third kappa shape index (κ3) is 63.3. The fourth-order valence-electron chi connectivity index (χ4n) is 9.44. The van der Waals surface area contributed by atoms with Gasteiger partial charge in [-0.25, -0.2) is 0 Å². The van der Waals surface area contributed by atoms with Crippen LogP contribution in [0, 0.1) is 0 Å². The molecule has 77 heavy (non-hydrogen) atoms. The lowest BCUT2D eigenvalue weighted by Gasteiger charge is -2.18. The van der Waals surface area contributed by atoms with Crippen LogP contribution in [-0.4, -0.2) is 37.2 Å². The average Bonchev–Trinajstić information content (AvgIpc) is 3.43. The Kier molecular flexibility index (Phi) is 62.2. The van der Waals surface area contributed by atoms with Gasteiger partial charge in [0, 0.05) is 19.3 Å². The van der Waals surface area contributed by atoms with E-state index in [4.69, 9.17) is 14.2 Å². The SMILES string of the molecule is CC/C=C\C/C=C\C/C=C\C/C=C\C/C=C\CCCCCC(=O)OC(COC(=O)CCCCCCC)COC(=O)CCCCCCCCCCCCCCCCCCCCCCCCC/C=C\C/C=C\CCCCCCC. The Labute approximate surface area is 477 Å². The van der Waals surface area contributed by atoms with Crippen LogP contribution in [0.5, 0.6) is 0 Å². The highest BCUT2D eigenvalue weighted by molar-refractivity contribution is 5.71. The van der Waals surface area contributed by atoms with Crippen molar-refractivity contribution >= 4 is 17.9 Å². The molecule has 1 atom stereocenters.